The average Bonchev–Trinajstić information content (AvgIpc) is 2.16. The van der Waals surface area contributed by atoms with Gasteiger partial charge in [-0.3, -0.25) is 5.32 Å². The van der Waals surface area contributed by atoms with E-state index >= 15 is 0 Å². The van der Waals surface area contributed by atoms with Crippen LogP contribution in [0.25, 0.3) is 0 Å². The Hall–Kier alpha value is -0.550. The van der Waals surface area contributed by atoms with Gasteiger partial charge in [-0.2, -0.15) is 5.26 Å². The molecule has 0 rings (SSSR count). The number of hydrogen-bond donors (Lipinski definition) is 1. The van der Waals surface area contributed by atoms with Crippen LogP contribution in [0.1, 0.15) is 52.9 Å². The molecule has 0 radical (unpaired) electrons. The van der Waals surface area contributed by atoms with Crippen molar-refractivity contribution in [3.63, 3.8) is 0 Å². The van der Waals surface area contributed by atoms with Crippen LogP contribution in [0.3, 0.4) is 0 Å². The normalized spacial score (nSPS) is 14.9. The van der Waals surface area contributed by atoms with Gasteiger partial charge in [-0.25, -0.2) is 0 Å². The zero-order valence-electron chi connectivity index (χ0n) is 9.14. The SMILES string of the molecule is CCCCCC(C#N)NC(C)CC. The second-order valence-corrected chi connectivity index (χ2v) is 3.65. The van der Waals surface area contributed by atoms with Crippen LogP contribution >= 0.6 is 0 Å². The largest absolute Gasteiger partial charge is 0.299 e. The van der Waals surface area contributed by atoms with Gasteiger partial charge in [0, 0.05) is 6.04 Å². The maximum atomic E-state index is 8.86. The smallest absolute Gasteiger partial charge is 0.0955 e. The van der Waals surface area contributed by atoms with Crippen LogP contribution in [0.5, 0.6) is 0 Å². The highest BCUT2D eigenvalue weighted by Crippen LogP contribution is 2.04. The predicted molar refractivity (Wildman–Crippen MR) is 56.4 cm³/mol. The fourth-order valence-electron chi connectivity index (χ4n) is 1.24. The Morgan fingerprint density at radius 2 is 2.00 bits per heavy atom. The summed E-state index contributed by atoms with van der Waals surface area (Å²) in [7, 11) is 0. The third kappa shape index (κ3) is 6.60. The Morgan fingerprint density at radius 1 is 1.31 bits per heavy atom. The minimum absolute atomic E-state index is 0.0569. The second-order valence-electron chi connectivity index (χ2n) is 3.65. The molecule has 0 bridgehead atoms. The van der Waals surface area contributed by atoms with E-state index in [2.05, 4.69) is 32.2 Å². The number of nitriles is 1. The molecule has 0 heterocycles. The summed E-state index contributed by atoms with van der Waals surface area (Å²) >= 11 is 0. The summed E-state index contributed by atoms with van der Waals surface area (Å²) in [6.07, 6.45) is 5.71. The molecule has 0 saturated carbocycles. The van der Waals surface area contributed by atoms with Crippen LogP contribution < -0.4 is 5.32 Å². The zero-order valence-corrected chi connectivity index (χ0v) is 9.14. The van der Waals surface area contributed by atoms with Gasteiger partial charge in [0.25, 0.3) is 0 Å². The van der Waals surface area contributed by atoms with Gasteiger partial charge in [0.05, 0.1) is 12.1 Å². The van der Waals surface area contributed by atoms with E-state index in [1.165, 1.54) is 12.8 Å². The molecule has 2 heteroatoms. The summed E-state index contributed by atoms with van der Waals surface area (Å²) in [5, 5.41) is 12.2. The molecular formula is C11H22N2. The standard InChI is InChI=1S/C11H22N2/c1-4-6-7-8-11(9-12)13-10(3)5-2/h10-11,13H,4-8H2,1-3H3. The molecule has 0 fully saturated rings. The van der Waals surface area contributed by atoms with E-state index in [1.54, 1.807) is 0 Å². The molecule has 76 valence electrons. The van der Waals surface area contributed by atoms with Crippen LogP contribution in [0.2, 0.25) is 0 Å². The fraction of sp³-hybridized carbons (Fsp3) is 0.909. The average molecular weight is 182 g/mol. The molecule has 2 unspecified atom stereocenters. The Morgan fingerprint density at radius 3 is 2.46 bits per heavy atom. The lowest BCUT2D eigenvalue weighted by Crippen LogP contribution is -2.35. The van der Waals surface area contributed by atoms with Crippen LogP contribution in [-0.2, 0) is 0 Å². The first-order valence-corrected chi connectivity index (χ1v) is 5.40. The zero-order chi connectivity index (χ0) is 10.1. The van der Waals surface area contributed by atoms with Gasteiger partial charge in [0.2, 0.25) is 0 Å². The van der Waals surface area contributed by atoms with E-state index in [0.29, 0.717) is 6.04 Å². The molecule has 13 heavy (non-hydrogen) atoms. The summed E-state index contributed by atoms with van der Waals surface area (Å²) in [5.41, 5.74) is 0. The number of hydrogen-bond acceptors (Lipinski definition) is 2. The minimum atomic E-state index is 0.0569. The van der Waals surface area contributed by atoms with E-state index in [4.69, 9.17) is 5.26 Å². The lowest BCUT2D eigenvalue weighted by molar-refractivity contribution is 0.458. The van der Waals surface area contributed by atoms with E-state index in [9.17, 15) is 0 Å². The molecule has 0 saturated heterocycles. The first-order chi connectivity index (χ1) is 6.24. The van der Waals surface area contributed by atoms with Crippen molar-refractivity contribution in [3.05, 3.63) is 0 Å². The lowest BCUT2D eigenvalue weighted by Gasteiger charge is -2.16. The number of nitrogens with one attached hydrogen (secondary N) is 1. The van der Waals surface area contributed by atoms with Crippen molar-refractivity contribution in [1.29, 1.82) is 5.26 Å². The maximum Gasteiger partial charge on any atom is 0.0955 e. The van der Waals surface area contributed by atoms with Crippen molar-refractivity contribution in [1.82, 2.24) is 5.32 Å². The number of unbranched alkanes of at least 4 members (excludes halogenated alkanes) is 2. The molecule has 0 amide bonds. The van der Waals surface area contributed by atoms with Gasteiger partial charge in [-0.15, -0.1) is 0 Å². The van der Waals surface area contributed by atoms with Crippen molar-refractivity contribution in [2.45, 2.75) is 65.0 Å². The molecule has 0 aliphatic heterocycles. The molecule has 0 aromatic rings. The van der Waals surface area contributed by atoms with Gasteiger partial charge < -0.3 is 0 Å². The van der Waals surface area contributed by atoms with Gasteiger partial charge in [0.1, 0.15) is 0 Å². The van der Waals surface area contributed by atoms with E-state index in [-0.39, 0.29) is 6.04 Å². The molecule has 0 aliphatic carbocycles. The van der Waals surface area contributed by atoms with Crippen molar-refractivity contribution < 1.29 is 0 Å². The Kier molecular flexibility index (Phi) is 7.73. The highest BCUT2D eigenvalue weighted by atomic mass is 14.9. The first-order valence-electron chi connectivity index (χ1n) is 5.40. The topological polar surface area (TPSA) is 35.8 Å². The van der Waals surface area contributed by atoms with E-state index in [1.807, 2.05) is 0 Å². The van der Waals surface area contributed by atoms with E-state index in [0.717, 1.165) is 19.3 Å². The monoisotopic (exact) mass is 182 g/mol. The van der Waals surface area contributed by atoms with Crippen LogP contribution in [0.15, 0.2) is 0 Å². The third-order valence-electron chi connectivity index (χ3n) is 2.35. The predicted octanol–water partition coefficient (Wildman–Crippen LogP) is 2.85. The molecule has 2 nitrogen and oxygen atoms in total. The van der Waals surface area contributed by atoms with Crippen molar-refractivity contribution in [2.75, 3.05) is 0 Å². The van der Waals surface area contributed by atoms with Crippen LogP contribution in [0, 0.1) is 11.3 Å². The summed E-state index contributed by atoms with van der Waals surface area (Å²) in [5.74, 6) is 0. The van der Waals surface area contributed by atoms with Crippen molar-refractivity contribution in [3.8, 4) is 6.07 Å². The van der Waals surface area contributed by atoms with Gasteiger partial charge in [-0.05, 0) is 19.8 Å². The molecule has 0 spiro atoms. The summed E-state index contributed by atoms with van der Waals surface area (Å²) in [6, 6.07) is 2.84. The minimum Gasteiger partial charge on any atom is -0.299 e. The summed E-state index contributed by atoms with van der Waals surface area (Å²) in [4.78, 5) is 0. The Labute approximate surface area is 82.3 Å². The van der Waals surface area contributed by atoms with Crippen molar-refractivity contribution >= 4 is 0 Å². The second kappa shape index (κ2) is 8.07. The molecule has 0 aromatic heterocycles. The summed E-state index contributed by atoms with van der Waals surface area (Å²) < 4.78 is 0. The number of rotatable bonds is 7. The van der Waals surface area contributed by atoms with Crippen LogP contribution in [-0.4, -0.2) is 12.1 Å². The van der Waals surface area contributed by atoms with Gasteiger partial charge in [-0.1, -0.05) is 33.1 Å². The van der Waals surface area contributed by atoms with Crippen LogP contribution in [0.4, 0.5) is 0 Å². The maximum absolute atomic E-state index is 8.86. The molecule has 1 N–H and O–H groups in total. The quantitative estimate of drug-likeness (QED) is 0.614. The highest BCUT2D eigenvalue weighted by Gasteiger charge is 2.08. The number of nitrogens with zero attached hydrogens (tertiary/aromatic N) is 1. The third-order valence-corrected chi connectivity index (χ3v) is 2.35. The van der Waals surface area contributed by atoms with Gasteiger partial charge >= 0.3 is 0 Å². The van der Waals surface area contributed by atoms with Crippen molar-refractivity contribution in [2.24, 2.45) is 0 Å². The highest BCUT2D eigenvalue weighted by molar-refractivity contribution is 4.90. The first kappa shape index (κ1) is 12.4. The lowest BCUT2D eigenvalue weighted by atomic mass is 10.1. The van der Waals surface area contributed by atoms with Gasteiger partial charge in [0.15, 0.2) is 0 Å². The fourth-order valence-corrected chi connectivity index (χ4v) is 1.24. The molecule has 0 aromatic carbocycles. The summed E-state index contributed by atoms with van der Waals surface area (Å²) in [6.45, 7) is 6.45. The molecular weight excluding hydrogens is 160 g/mol. The molecule has 0 aliphatic rings. The van der Waals surface area contributed by atoms with E-state index < -0.39 is 0 Å². The Balaban J connectivity index is 3.58. The Bertz CT molecular complexity index is 149. The molecule has 2 atom stereocenters.